The number of aliphatic hydroxyl groups excluding tert-OH is 2. The van der Waals surface area contributed by atoms with Crippen LogP contribution in [0.3, 0.4) is 0 Å². The lowest BCUT2D eigenvalue weighted by Crippen LogP contribution is -2.45. The van der Waals surface area contributed by atoms with Gasteiger partial charge in [0, 0.05) is 12.8 Å². The zero-order chi connectivity index (χ0) is 45.1. The molecule has 6 heteroatoms. The Morgan fingerprint density at radius 3 is 1.15 bits per heavy atom. The molecule has 3 N–H and O–H groups in total. The van der Waals surface area contributed by atoms with E-state index in [2.05, 4.69) is 43.5 Å². The molecule has 0 radical (unpaired) electrons. The lowest BCUT2D eigenvalue weighted by molar-refractivity contribution is -0.143. The van der Waals surface area contributed by atoms with Gasteiger partial charge in [-0.25, -0.2) is 0 Å². The Morgan fingerprint density at radius 2 is 0.758 bits per heavy atom. The summed E-state index contributed by atoms with van der Waals surface area (Å²) < 4.78 is 5.46. The molecule has 0 fully saturated rings. The van der Waals surface area contributed by atoms with Crippen molar-refractivity contribution in [2.45, 2.75) is 296 Å². The molecule has 0 aliphatic heterocycles. The van der Waals surface area contributed by atoms with Crippen molar-refractivity contribution in [3.8, 4) is 0 Å². The summed E-state index contributed by atoms with van der Waals surface area (Å²) in [7, 11) is 0. The number of rotatable bonds is 50. The molecule has 0 heterocycles. The highest BCUT2D eigenvalue weighted by atomic mass is 16.5. The number of carbonyl (C=O) groups is 2. The van der Waals surface area contributed by atoms with E-state index in [0.29, 0.717) is 19.4 Å². The Labute approximate surface area is 385 Å². The second-order valence-electron chi connectivity index (χ2n) is 18.5. The van der Waals surface area contributed by atoms with Gasteiger partial charge < -0.3 is 20.3 Å². The zero-order valence-electron chi connectivity index (χ0n) is 41.4. The number of hydrogen-bond acceptors (Lipinski definition) is 5. The van der Waals surface area contributed by atoms with Crippen LogP contribution in [0.5, 0.6) is 0 Å². The molecule has 2 atom stereocenters. The molecule has 0 aliphatic carbocycles. The molecule has 364 valence electrons. The molecule has 0 aromatic rings. The number of amides is 1. The highest BCUT2D eigenvalue weighted by Gasteiger charge is 2.18. The van der Waals surface area contributed by atoms with Gasteiger partial charge in [-0.05, 0) is 83.5 Å². The normalized spacial score (nSPS) is 12.9. The fourth-order valence-corrected chi connectivity index (χ4v) is 8.15. The van der Waals surface area contributed by atoms with Gasteiger partial charge in [0.25, 0.3) is 0 Å². The molecule has 2 unspecified atom stereocenters. The van der Waals surface area contributed by atoms with Crippen LogP contribution in [0.2, 0.25) is 0 Å². The quantitative estimate of drug-likeness (QED) is 0.0321. The molecule has 0 rings (SSSR count). The predicted molar refractivity (Wildman–Crippen MR) is 269 cm³/mol. The molecule has 0 aromatic carbocycles. The smallest absolute Gasteiger partial charge is 0.305 e. The second kappa shape index (κ2) is 51.7. The van der Waals surface area contributed by atoms with Crippen LogP contribution in [0, 0.1) is 0 Å². The first-order valence-corrected chi connectivity index (χ1v) is 27.3. The van der Waals surface area contributed by atoms with Gasteiger partial charge in [0.05, 0.1) is 25.4 Å². The van der Waals surface area contributed by atoms with Crippen molar-refractivity contribution in [3.05, 3.63) is 36.5 Å². The zero-order valence-corrected chi connectivity index (χ0v) is 41.4. The summed E-state index contributed by atoms with van der Waals surface area (Å²) in [4.78, 5) is 24.4. The van der Waals surface area contributed by atoms with Crippen molar-refractivity contribution in [2.24, 2.45) is 0 Å². The average Bonchev–Trinajstić information content (AvgIpc) is 3.27. The van der Waals surface area contributed by atoms with Crippen LogP contribution in [0.4, 0.5) is 0 Å². The first-order valence-electron chi connectivity index (χ1n) is 27.3. The minimum Gasteiger partial charge on any atom is -0.466 e. The number of ether oxygens (including phenoxy) is 1. The summed E-state index contributed by atoms with van der Waals surface area (Å²) in [5.41, 5.74) is 0. The van der Waals surface area contributed by atoms with Gasteiger partial charge in [-0.15, -0.1) is 0 Å². The molecule has 6 nitrogen and oxygen atoms in total. The van der Waals surface area contributed by atoms with Crippen molar-refractivity contribution in [1.82, 2.24) is 5.32 Å². The number of allylic oxidation sites excluding steroid dienone is 5. The van der Waals surface area contributed by atoms with Crippen LogP contribution >= 0.6 is 0 Å². The Kier molecular flexibility index (Phi) is 50.1. The number of hydrogen-bond donors (Lipinski definition) is 3. The minimum atomic E-state index is -0.849. The topological polar surface area (TPSA) is 95.9 Å². The third kappa shape index (κ3) is 47.6. The van der Waals surface area contributed by atoms with Crippen molar-refractivity contribution in [1.29, 1.82) is 0 Å². The van der Waals surface area contributed by atoms with Crippen LogP contribution in [-0.2, 0) is 14.3 Å². The van der Waals surface area contributed by atoms with Gasteiger partial charge in [0.1, 0.15) is 0 Å². The Balaban J connectivity index is 3.46. The Bertz CT molecular complexity index is 1010. The van der Waals surface area contributed by atoms with E-state index in [4.69, 9.17) is 4.74 Å². The maximum absolute atomic E-state index is 12.4. The van der Waals surface area contributed by atoms with Crippen molar-refractivity contribution in [2.75, 3.05) is 13.2 Å². The van der Waals surface area contributed by atoms with E-state index in [1.54, 1.807) is 6.08 Å². The van der Waals surface area contributed by atoms with Gasteiger partial charge in [-0.2, -0.15) is 0 Å². The number of carbonyl (C=O) groups excluding carboxylic acids is 2. The average molecular weight is 872 g/mol. The standard InChI is InChI=1S/C56H105NO5/c1-3-5-7-9-11-13-15-17-26-30-34-38-42-46-50-56(61)62-51-47-43-39-35-31-27-24-22-20-18-19-21-23-25-29-33-37-41-45-49-55(60)57-53(52-58)54(59)48-44-40-36-32-28-16-14-12-10-8-6-4-2/h15,17-19,44,48,53-54,58-59H,3-14,16,20-43,45-47,49-52H2,1-2H3,(H,57,60)/b17-15-,19-18-,48-44+. The fourth-order valence-electron chi connectivity index (χ4n) is 8.15. The van der Waals surface area contributed by atoms with Crippen LogP contribution in [0.25, 0.3) is 0 Å². The summed E-state index contributed by atoms with van der Waals surface area (Å²) in [5, 5.41) is 23.0. The van der Waals surface area contributed by atoms with E-state index in [-0.39, 0.29) is 18.5 Å². The first kappa shape index (κ1) is 60.1. The van der Waals surface area contributed by atoms with Crippen LogP contribution in [0.1, 0.15) is 284 Å². The molecular formula is C56H105NO5. The van der Waals surface area contributed by atoms with Gasteiger partial charge in [-0.1, -0.05) is 224 Å². The van der Waals surface area contributed by atoms with Gasteiger partial charge in [-0.3, -0.25) is 9.59 Å². The molecule has 0 spiro atoms. The molecule has 0 saturated heterocycles. The molecule has 0 aliphatic rings. The fraction of sp³-hybridized carbons (Fsp3) is 0.857. The van der Waals surface area contributed by atoms with E-state index < -0.39 is 12.1 Å². The molecule has 1 amide bonds. The highest BCUT2D eigenvalue weighted by Crippen LogP contribution is 2.15. The minimum absolute atomic E-state index is 0.00594. The van der Waals surface area contributed by atoms with E-state index >= 15 is 0 Å². The van der Waals surface area contributed by atoms with Gasteiger partial charge in [0.15, 0.2) is 0 Å². The van der Waals surface area contributed by atoms with Crippen molar-refractivity contribution < 1.29 is 24.5 Å². The summed E-state index contributed by atoms with van der Waals surface area (Å²) in [6.45, 7) is 4.87. The lowest BCUT2D eigenvalue weighted by Gasteiger charge is -2.20. The Hall–Kier alpha value is -1.92. The highest BCUT2D eigenvalue weighted by molar-refractivity contribution is 5.76. The molecule has 0 saturated carbocycles. The first-order chi connectivity index (χ1) is 30.5. The largest absolute Gasteiger partial charge is 0.466 e. The lowest BCUT2D eigenvalue weighted by atomic mass is 10.0. The van der Waals surface area contributed by atoms with E-state index in [1.165, 1.54) is 205 Å². The third-order valence-corrected chi connectivity index (χ3v) is 12.4. The number of nitrogens with one attached hydrogen (secondary N) is 1. The van der Waals surface area contributed by atoms with Crippen LogP contribution in [0.15, 0.2) is 36.5 Å². The van der Waals surface area contributed by atoms with E-state index in [9.17, 15) is 19.8 Å². The molecular weight excluding hydrogens is 767 g/mol. The third-order valence-electron chi connectivity index (χ3n) is 12.4. The van der Waals surface area contributed by atoms with Crippen LogP contribution in [-0.4, -0.2) is 47.4 Å². The SMILES string of the molecule is CCCCCCC/C=C\CCCCCCCC(=O)OCCCCCCCCCC/C=C\CCCCCCCCCC(=O)NC(CO)C(O)/C=C/CCCCCCCCCCCC. The van der Waals surface area contributed by atoms with Crippen molar-refractivity contribution >= 4 is 11.9 Å². The van der Waals surface area contributed by atoms with E-state index in [1.807, 2.05) is 6.08 Å². The molecule has 0 bridgehead atoms. The summed E-state index contributed by atoms with van der Waals surface area (Å²) in [5.74, 6) is -0.0850. The summed E-state index contributed by atoms with van der Waals surface area (Å²) in [6.07, 6.45) is 63.0. The van der Waals surface area contributed by atoms with Gasteiger partial charge >= 0.3 is 5.97 Å². The number of unbranched alkanes of at least 4 members (excludes halogenated alkanes) is 35. The number of aliphatic hydroxyl groups is 2. The van der Waals surface area contributed by atoms with E-state index in [0.717, 1.165) is 51.4 Å². The number of esters is 1. The monoisotopic (exact) mass is 872 g/mol. The summed E-state index contributed by atoms with van der Waals surface area (Å²) in [6, 6.07) is -0.634. The maximum atomic E-state index is 12.4. The van der Waals surface area contributed by atoms with Crippen LogP contribution < -0.4 is 5.32 Å². The van der Waals surface area contributed by atoms with Crippen molar-refractivity contribution in [3.63, 3.8) is 0 Å². The molecule has 62 heavy (non-hydrogen) atoms. The maximum Gasteiger partial charge on any atom is 0.305 e. The second-order valence-corrected chi connectivity index (χ2v) is 18.5. The Morgan fingerprint density at radius 1 is 0.435 bits per heavy atom. The molecule has 0 aromatic heterocycles. The summed E-state index contributed by atoms with van der Waals surface area (Å²) >= 11 is 0. The predicted octanol–water partition coefficient (Wildman–Crippen LogP) is 16.5. The van der Waals surface area contributed by atoms with Gasteiger partial charge in [0.2, 0.25) is 5.91 Å².